The maximum Gasteiger partial charge on any atom is 0.359 e. The van der Waals surface area contributed by atoms with Crippen molar-refractivity contribution in [2.24, 2.45) is 0 Å². The first-order chi connectivity index (χ1) is 13.9. The van der Waals surface area contributed by atoms with E-state index in [-0.39, 0.29) is 24.2 Å². The summed E-state index contributed by atoms with van der Waals surface area (Å²) in [5.74, 6) is -1.44. The van der Waals surface area contributed by atoms with Crippen molar-refractivity contribution < 1.29 is 19.4 Å². The Hall–Kier alpha value is -3.23. The molecule has 1 heterocycles. The minimum absolute atomic E-state index is 0.0731. The second kappa shape index (κ2) is 8.85. The van der Waals surface area contributed by atoms with Crippen molar-refractivity contribution in [3.8, 4) is 0 Å². The minimum atomic E-state index is -0.863. The molecule has 0 aliphatic carbocycles. The summed E-state index contributed by atoms with van der Waals surface area (Å²) in [6, 6.07) is 11.6. The van der Waals surface area contributed by atoms with Crippen LogP contribution in [0.4, 0.5) is 5.69 Å². The molecule has 0 radical (unpaired) electrons. The van der Waals surface area contributed by atoms with Crippen molar-refractivity contribution in [3.63, 3.8) is 0 Å². The van der Waals surface area contributed by atoms with Gasteiger partial charge in [-0.05, 0) is 30.7 Å². The topological polar surface area (TPSA) is 111 Å². The monoisotopic (exact) mass is 415 g/mol. The Bertz CT molecular complexity index is 1140. The lowest BCUT2D eigenvalue weighted by Gasteiger charge is -2.11. The average molecular weight is 416 g/mol. The van der Waals surface area contributed by atoms with Gasteiger partial charge in [-0.25, -0.2) is 9.48 Å². The van der Waals surface area contributed by atoms with Crippen LogP contribution in [-0.2, 0) is 16.1 Å². The van der Waals surface area contributed by atoms with Crippen LogP contribution in [0.3, 0.4) is 0 Å². The number of rotatable bonds is 6. The van der Waals surface area contributed by atoms with Gasteiger partial charge in [0.15, 0.2) is 12.3 Å². The van der Waals surface area contributed by atoms with Crippen molar-refractivity contribution >= 4 is 39.9 Å². The molecule has 29 heavy (non-hydrogen) atoms. The SMILES string of the molecule is Cc1ccc(NC(=O)COC(=O)c2nn(CCO)c(=O)c3ccccc23)c(Cl)c1. The third kappa shape index (κ3) is 4.61. The first kappa shape index (κ1) is 20.5. The van der Waals surface area contributed by atoms with E-state index in [2.05, 4.69) is 10.4 Å². The summed E-state index contributed by atoms with van der Waals surface area (Å²) < 4.78 is 6.06. The van der Waals surface area contributed by atoms with E-state index in [0.29, 0.717) is 16.1 Å². The molecule has 0 saturated heterocycles. The van der Waals surface area contributed by atoms with Gasteiger partial charge < -0.3 is 15.2 Å². The molecule has 2 N–H and O–H groups in total. The Balaban J connectivity index is 1.78. The summed E-state index contributed by atoms with van der Waals surface area (Å²) in [6.45, 7) is 0.917. The molecule has 0 aliphatic rings. The molecular formula is C20H18ClN3O5. The second-order valence-corrected chi connectivity index (χ2v) is 6.66. The quantitative estimate of drug-likeness (QED) is 0.597. The third-order valence-corrected chi connectivity index (χ3v) is 4.42. The van der Waals surface area contributed by atoms with Crippen molar-refractivity contribution in [2.75, 3.05) is 18.5 Å². The maximum atomic E-state index is 12.5. The third-order valence-electron chi connectivity index (χ3n) is 4.11. The fourth-order valence-corrected chi connectivity index (χ4v) is 3.02. The average Bonchev–Trinajstić information content (AvgIpc) is 2.70. The van der Waals surface area contributed by atoms with Gasteiger partial charge >= 0.3 is 5.97 Å². The van der Waals surface area contributed by atoms with E-state index in [1.165, 1.54) is 0 Å². The number of aromatic nitrogens is 2. The van der Waals surface area contributed by atoms with Gasteiger partial charge in [0.25, 0.3) is 11.5 Å². The number of amides is 1. The van der Waals surface area contributed by atoms with Gasteiger partial charge in [0, 0.05) is 5.39 Å². The fourth-order valence-electron chi connectivity index (χ4n) is 2.74. The highest BCUT2D eigenvalue weighted by molar-refractivity contribution is 6.33. The zero-order valence-corrected chi connectivity index (χ0v) is 16.3. The molecule has 0 aliphatic heterocycles. The fraction of sp³-hybridized carbons (Fsp3) is 0.200. The first-order valence-electron chi connectivity index (χ1n) is 8.74. The molecule has 3 aromatic rings. The summed E-state index contributed by atoms with van der Waals surface area (Å²) in [5, 5.41) is 16.6. The number of nitrogens with one attached hydrogen (secondary N) is 1. The summed E-state index contributed by atoms with van der Waals surface area (Å²) in [5.41, 5.74) is 0.793. The number of anilines is 1. The molecule has 0 unspecified atom stereocenters. The van der Waals surface area contributed by atoms with Crippen LogP contribution in [0.15, 0.2) is 47.3 Å². The molecule has 2 aromatic carbocycles. The zero-order chi connectivity index (χ0) is 21.0. The van der Waals surface area contributed by atoms with Gasteiger partial charge in [-0.1, -0.05) is 35.9 Å². The van der Waals surface area contributed by atoms with Gasteiger partial charge in [0.1, 0.15) is 0 Å². The van der Waals surface area contributed by atoms with Gasteiger partial charge in [-0.2, -0.15) is 5.10 Å². The van der Waals surface area contributed by atoms with Crippen LogP contribution in [0.25, 0.3) is 10.8 Å². The Morgan fingerprint density at radius 1 is 1.21 bits per heavy atom. The van der Waals surface area contributed by atoms with E-state index < -0.39 is 24.0 Å². The highest BCUT2D eigenvalue weighted by atomic mass is 35.5. The molecule has 0 spiro atoms. The zero-order valence-electron chi connectivity index (χ0n) is 15.5. The number of ether oxygens (including phenoxy) is 1. The maximum absolute atomic E-state index is 12.5. The number of halogens is 1. The highest BCUT2D eigenvalue weighted by Crippen LogP contribution is 2.22. The number of hydrogen-bond donors (Lipinski definition) is 2. The minimum Gasteiger partial charge on any atom is -0.451 e. The van der Waals surface area contributed by atoms with Gasteiger partial charge in [-0.15, -0.1) is 0 Å². The molecule has 0 fully saturated rings. The molecular weight excluding hydrogens is 398 g/mol. The lowest BCUT2D eigenvalue weighted by molar-refractivity contribution is -0.119. The van der Waals surface area contributed by atoms with E-state index in [1.54, 1.807) is 42.5 Å². The number of aliphatic hydroxyl groups is 1. The number of fused-ring (bicyclic) bond motifs is 1. The van der Waals surface area contributed by atoms with E-state index in [9.17, 15) is 14.4 Å². The normalized spacial score (nSPS) is 10.7. The van der Waals surface area contributed by atoms with Crippen molar-refractivity contribution in [1.82, 2.24) is 9.78 Å². The number of nitrogens with zero attached hydrogens (tertiary/aromatic N) is 2. The largest absolute Gasteiger partial charge is 0.451 e. The number of hydrogen-bond acceptors (Lipinski definition) is 6. The van der Waals surface area contributed by atoms with Crippen LogP contribution in [0.2, 0.25) is 5.02 Å². The van der Waals surface area contributed by atoms with Gasteiger partial charge in [-0.3, -0.25) is 9.59 Å². The Kier molecular flexibility index (Phi) is 6.26. The second-order valence-electron chi connectivity index (χ2n) is 6.25. The summed E-state index contributed by atoms with van der Waals surface area (Å²) >= 11 is 6.07. The predicted molar refractivity (Wildman–Crippen MR) is 108 cm³/mol. The Morgan fingerprint density at radius 3 is 2.62 bits per heavy atom. The number of benzene rings is 2. The van der Waals surface area contributed by atoms with E-state index >= 15 is 0 Å². The van der Waals surface area contributed by atoms with Crippen molar-refractivity contribution in [1.29, 1.82) is 0 Å². The van der Waals surface area contributed by atoms with Crippen molar-refractivity contribution in [3.05, 3.63) is 69.1 Å². The summed E-state index contributed by atoms with van der Waals surface area (Å²) in [6.07, 6.45) is 0. The molecule has 1 amide bonds. The first-order valence-corrected chi connectivity index (χ1v) is 9.12. The molecule has 3 rings (SSSR count). The number of carbonyl (C=O) groups excluding carboxylic acids is 2. The van der Waals surface area contributed by atoms with Crippen molar-refractivity contribution in [2.45, 2.75) is 13.5 Å². The van der Waals surface area contributed by atoms with Crippen LogP contribution < -0.4 is 10.9 Å². The number of esters is 1. The standard InChI is InChI=1S/C20H18ClN3O5/c1-12-6-7-16(15(21)10-12)22-17(26)11-29-20(28)18-13-4-2-3-5-14(13)19(27)24(23-18)8-9-25/h2-7,10,25H,8-9,11H2,1H3,(H,22,26). The van der Waals surface area contributed by atoms with Crippen LogP contribution in [-0.4, -0.2) is 40.0 Å². The van der Waals surface area contributed by atoms with Gasteiger partial charge in [0.05, 0.1) is 29.2 Å². The molecule has 1 aromatic heterocycles. The lowest BCUT2D eigenvalue weighted by Crippen LogP contribution is -2.28. The molecule has 0 bridgehead atoms. The molecule has 9 heteroatoms. The Morgan fingerprint density at radius 2 is 1.93 bits per heavy atom. The van der Waals surface area contributed by atoms with Crippen LogP contribution in [0.1, 0.15) is 16.1 Å². The van der Waals surface area contributed by atoms with Crippen LogP contribution >= 0.6 is 11.6 Å². The van der Waals surface area contributed by atoms with Crippen LogP contribution in [0, 0.1) is 6.92 Å². The number of aliphatic hydroxyl groups excluding tert-OH is 1. The highest BCUT2D eigenvalue weighted by Gasteiger charge is 2.19. The molecule has 0 saturated carbocycles. The smallest absolute Gasteiger partial charge is 0.359 e. The summed E-state index contributed by atoms with van der Waals surface area (Å²) in [4.78, 5) is 37.0. The van der Waals surface area contributed by atoms with E-state index in [0.717, 1.165) is 10.2 Å². The molecule has 0 atom stereocenters. The van der Waals surface area contributed by atoms with E-state index in [4.69, 9.17) is 21.4 Å². The molecule has 150 valence electrons. The molecule has 8 nitrogen and oxygen atoms in total. The van der Waals surface area contributed by atoms with Crippen LogP contribution in [0.5, 0.6) is 0 Å². The summed E-state index contributed by atoms with van der Waals surface area (Å²) in [7, 11) is 0. The Labute approximate surface area is 170 Å². The predicted octanol–water partition coefficient (Wildman–Crippen LogP) is 2.15. The van der Waals surface area contributed by atoms with Gasteiger partial charge in [0.2, 0.25) is 0 Å². The van der Waals surface area contributed by atoms with E-state index in [1.807, 2.05) is 6.92 Å². The number of carbonyl (C=O) groups is 2. The lowest BCUT2D eigenvalue weighted by atomic mass is 10.1. The number of aryl methyl sites for hydroxylation is 1.